The van der Waals surface area contributed by atoms with Crippen LogP contribution in [0.25, 0.3) is 11.1 Å². The van der Waals surface area contributed by atoms with E-state index in [9.17, 15) is 0 Å². The number of hydrogen-bond acceptors (Lipinski definition) is 0. The van der Waals surface area contributed by atoms with E-state index in [-0.39, 0.29) is 0 Å². The third-order valence-corrected chi connectivity index (χ3v) is 4.74. The average Bonchev–Trinajstić information content (AvgIpc) is 2.49. The molecule has 0 spiro atoms. The van der Waals surface area contributed by atoms with Crippen LogP contribution in [0.5, 0.6) is 0 Å². The second-order valence-electron chi connectivity index (χ2n) is 5.51. The van der Waals surface area contributed by atoms with Gasteiger partial charge in [-0.05, 0) is 40.8 Å². The Morgan fingerprint density at radius 2 is 1.53 bits per heavy atom. The van der Waals surface area contributed by atoms with Gasteiger partial charge in [0.1, 0.15) is 0 Å². The monoisotopic (exact) mass is 268 g/mol. The van der Waals surface area contributed by atoms with Crippen LogP contribution >= 0.6 is 9.24 Å². The zero-order valence-corrected chi connectivity index (χ0v) is 12.5. The molecule has 0 bridgehead atoms. The number of rotatable bonds is 2. The lowest BCUT2D eigenvalue weighted by molar-refractivity contribution is 0.445. The van der Waals surface area contributed by atoms with Crippen molar-refractivity contribution in [2.24, 2.45) is 0 Å². The Morgan fingerprint density at radius 1 is 0.789 bits per heavy atom. The molecule has 0 nitrogen and oxygen atoms in total. The summed E-state index contributed by atoms with van der Waals surface area (Å²) in [5, 5.41) is 1.38. The van der Waals surface area contributed by atoms with Gasteiger partial charge in [-0.2, -0.15) is 0 Å². The first-order chi connectivity index (χ1) is 9.36. The molecule has 1 atom stereocenters. The van der Waals surface area contributed by atoms with E-state index in [0.717, 1.165) is 5.92 Å². The van der Waals surface area contributed by atoms with E-state index in [4.69, 9.17) is 0 Å². The van der Waals surface area contributed by atoms with Crippen LogP contribution in [0.4, 0.5) is 0 Å². The zero-order valence-electron chi connectivity index (χ0n) is 11.3. The van der Waals surface area contributed by atoms with Crippen molar-refractivity contribution in [2.75, 3.05) is 0 Å². The van der Waals surface area contributed by atoms with Crippen molar-refractivity contribution in [3.05, 3.63) is 54.1 Å². The van der Waals surface area contributed by atoms with E-state index >= 15 is 0 Å². The second kappa shape index (κ2) is 5.88. The van der Waals surface area contributed by atoms with E-state index < -0.39 is 0 Å². The summed E-state index contributed by atoms with van der Waals surface area (Å²) >= 11 is 0. The van der Waals surface area contributed by atoms with Gasteiger partial charge in [0, 0.05) is 0 Å². The van der Waals surface area contributed by atoms with Gasteiger partial charge >= 0.3 is 0 Å². The Balaban J connectivity index is 2.07. The van der Waals surface area contributed by atoms with E-state index in [1.54, 1.807) is 5.56 Å². The fourth-order valence-corrected chi connectivity index (χ4v) is 3.80. The van der Waals surface area contributed by atoms with Crippen molar-refractivity contribution in [1.82, 2.24) is 0 Å². The summed E-state index contributed by atoms with van der Waals surface area (Å²) in [6, 6.07) is 17.5. The molecule has 0 aliphatic heterocycles. The van der Waals surface area contributed by atoms with Gasteiger partial charge in [-0.3, -0.25) is 0 Å². The minimum absolute atomic E-state index is 0.748. The topological polar surface area (TPSA) is 0 Å². The van der Waals surface area contributed by atoms with E-state index in [1.807, 2.05) is 0 Å². The lowest BCUT2D eigenvalue weighted by Gasteiger charge is -2.26. The largest absolute Gasteiger partial charge is 0.105 e. The summed E-state index contributed by atoms with van der Waals surface area (Å²) in [6.07, 6.45) is 6.89. The molecule has 0 radical (unpaired) electrons. The van der Waals surface area contributed by atoms with Crippen molar-refractivity contribution in [2.45, 2.75) is 38.0 Å². The highest BCUT2D eigenvalue weighted by atomic mass is 31.0. The molecule has 0 N–H and O–H groups in total. The zero-order chi connectivity index (χ0) is 13.1. The molecule has 19 heavy (non-hydrogen) atoms. The summed E-state index contributed by atoms with van der Waals surface area (Å²) in [5.74, 6) is 0.748. The first-order valence-corrected chi connectivity index (χ1v) is 7.88. The Bertz CT molecular complexity index is 539. The maximum absolute atomic E-state index is 2.94. The van der Waals surface area contributed by atoms with Gasteiger partial charge in [0.15, 0.2) is 0 Å². The molecule has 1 heteroatoms. The molecule has 0 aromatic heterocycles. The molecule has 1 unspecified atom stereocenters. The van der Waals surface area contributed by atoms with Crippen molar-refractivity contribution in [3.63, 3.8) is 0 Å². The van der Waals surface area contributed by atoms with Gasteiger partial charge in [0.25, 0.3) is 0 Å². The average molecular weight is 268 g/mol. The first kappa shape index (κ1) is 12.9. The normalized spacial score (nSPS) is 16.5. The molecule has 2 aromatic carbocycles. The fraction of sp³-hybridized carbons (Fsp3) is 0.333. The van der Waals surface area contributed by atoms with Crippen LogP contribution in [-0.4, -0.2) is 0 Å². The number of hydrogen-bond donors (Lipinski definition) is 0. The van der Waals surface area contributed by atoms with E-state index in [0.29, 0.717) is 0 Å². The van der Waals surface area contributed by atoms with Crippen molar-refractivity contribution >= 4 is 14.5 Å². The smallest absolute Gasteiger partial charge is 0.0143 e. The van der Waals surface area contributed by atoms with Crippen LogP contribution in [0.1, 0.15) is 43.6 Å². The summed E-state index contributed by atoms with van der Waals surface area (Å²) in [7, 11) is 2.94. The molecule has 3 rings (SSSR count). The summed E-state index contributed by atoms with van der Waals surface area (Å²) < 4.78 is 0. The summed E-state index contributed by atoms with van der Waals surface area (Å²) in [5.41, 5.74) is 4.35. The third kappa shape index (κ3) is 2.74. The van der Waals surface area contributed by atoms with Gasteiger partial charge in [-0.15, -0.1) is 9.24 Å². The SMILES string of the molecule is Pc1cccc(-c2ccccc2)c1C1CCCCC1. The molecule has 1 saturated carbocycles. The molecule has 2 aromatic rings. The van der Waals surface area contributed by atoms with Crippen LogP contribution in [0.3, 0.4) is 0 Å². The Labute approximate surface area is 118 Å². The number of benzene rings is 2. The maximum Gasteiger partial charge on any atom is -0.0143 e. The van der Waals surface area contributed by atoms with Gasteiger partial charge in [0.2, 0.25) is 0 Å². The molecule has 1 aliphatic rings. The quantitative estimate of drug-likeness (QED) is 0.679. The molecule has 98 valence electrons. The molecule has 1 fully saturated rings. The Hall–Kier alpha value is -1.13. The third-order valence-electron chi connectivity index (χ3n) is 4.24. The van der Waals surface area contributed by atoms with Crippen LogP contribution < -0.4 is 5.30 Å². The maximum atomic E-state index is 2.94. The molecule has 0 saturated heterocycles. The van der Waals surface area contributed by atoms with Crippen LogP contribution in [-0.2, 0) is 0 Å². The summed E-state index contributed by atoms with van der Waals surface area (Å²) in [6.45, 7) is 0. The van der Waals surface area contributed by atoms with Gasteiger partial charge in [-0.1, -0.05) is 67.8 Å². The van der Waals surface area contributed by atoms with Gasteiger partial charge in [0.05, 0.1) is 0 Å². The minimum Gasteiger partial charge on any atom is -0.105 e. The van der Waals surface area contributed by atoms with E-state index in [2.05, 4.69) is 57.8 Å². The van der Waals surface area contributed by atoms with Crippen LogP contribution in [0, 0.1) is 0 Å². The Morgan fingerprint density at radius 3 is 2.26 bits per heavy atom. The fourth-order valence-electron chi connectivity index (χ4n) is 3.30. The predicted molar refractivity (Wildman–Crippen MR) is 87.0 cm³/mol. The van der Waals surface area contributed by atoms with Gasteiger partial charge < -0.3 is 0 Å². The molecule has 0 heterocycles. The molecule has 1 aliphatic carbocycles. The van der Waals surface area contributed by atoms with Crippen LogP contribution in [0.15, 0.2) is 48.5 Å². The van der Waals surface area contributed by atoms with Crippen molar-refractivity contribution in [1.29, 1.82) is 0 Å². The first-order valence-electron chi connectivity index (χ1n) is 7.30. The molecule has 0 amide bonds. The van der Waals surface area contributed by atoms with Crippen molar-refractivity contribution in [3.8, 4) is 11.1 Å². The Kier molecular flexibility index (Phi) is 3.99. The second-order valence-corrected chi connectivity index (χ2v) is 6.13. The highest BCUT2D eigenvalue weighted by Gasteiger charge is 2.20. The lowest BCUT2D eigenvalue weighted by Crippen LogP contribution is -2.13. The molecular weight excluding hydrogens is 247 g/mol. The molecular formula is C18H21P. The van der Waals surface area contributed by atoms with Crippen molar-refractivity contribution < 1.29 is 0 Å². The highest BCUT2D eigenvalue weighted by Crippen LogP contribution is 2.37. The predicted octanol–water partition coefficient (Wildman–Crippen LogP) is 4.90. The minimum atomic E-state index is 0.748. The lowest BCUT2D eigenvalue weighted by atomic mass is 9.81. The highest BCUT2D eigenvalue weighted by molar-refractivity contribution is 7.27. The summed E-state index contributed by atoms with van der Waals surface area (Å²) in [4.78, 5) is 0. The van der Waals surface area contributed by atoms with Gasteiger partial charge in [-0.25, -0.2) is 0 Å². The standard InChI is InChI=1S/C18H21P/c19-17-13-7-12-16(14-8-3-1-4-9-14)18(17)15-10-5-2-6-11-15/h1,3-4,7-9,12-13,15H,2,5-6,10-11,19H2. The van der Waals surface area contributed by atoms with Crippen LogP contribution in [0.2, 0.25) is 0 Å². The van der Waals surface area contributed by atoms with E-state index in [1.165, 1.54) is 48.5 Å².